The summed E-state index contributed by atoms with van der Waals surface area (Å²) in [7, 11) is 0. The first kappa shape index (κ1) is 32.9. The quantitative estimate of drug-likeness (QED) is 0.185. The maximum Gasteiger partial charge on any atom is 0.135 e. The third kappa shape index (κ3) is 6.25. The van der Waals surface area contributed by atoms with E-state index in [1.54, 1.807) is 6.08 Å². The molecule has 0 saturated heterocycles. The van der Waals surface area contributed by atoms with E-state index >= 15 is 0 Å². The van der Waals surface area contributed by atoms with Gasteiger partial charge in [0.1, 0.15) is 23.3 Å². The lowest BCUT2D eigenvalue weighted by atomic mass is 9.85. The van der Waals surface area contributed by atoms with Gasteiger partial charge >= 0.3 is 0 Å². The van der Waals surface area contributed by atoms with E-state index in [0.29, 0.717) is 24.5 Å². The molecule has 4 aliphatic carbocycles. The molecule has 4 aromatic carbocycles. The zero-order valence-electron chi connectivity index (χ0n) is 30.3. The minimum atomic E-state index is -0.107. The monoisotopic (exact) mass is 706 g/mol. The molecule has 5 aliphatic rings. The summed E-state index contributed by atoms with van der Waals surface area (Å²) in [5, 5.41) is 11.6. The number of hydrogen-bond acceptors (Lipinski definition) is 3. The summed E-state index contributed by atoms with van der Waals surface area (Å²) in [4.78, 5) is 0. The van der Waals surface area contributed by atoms with Crippen LogP contribution in [-0.2, 0) is 6.42 Å². The summed E-state index contributed by atoms with van der Waals surface area (Å²) in [6, 6.07) is 30.8. The van der Waals surface area contributed by atoms with Crippen LogP contribution in [0.1, 0.15) is 66.9 Å². The van der Waals surface area contributed by atoms with Crippen molar-refractivity contribution in [2.24, 2.45) is 0 Å². The number of hydrogen-bond donors (Lipinski definition) is 2. The predicted octanol–water partition coefficient (Wildman–Crippen LogP) is 12.3. The van der Waals surface area contributed by atoms with Crippen molar-refractivity contribution in [3.63, 3.8) is 0 Å². The number of allylic oxidation sites excluding steroid dienone is 10. The molecule has 2 N–H and O–H groups in total. The molecule has 266 valence electrons. The molecule has 0 amide bonds. The second-order valence-corrected chi connectivity index (χ2v) is 15.2. The topological polar surface area (TPSA) is 37.2 Å². The molecule has 3 atom stereocenters. The van der Waals surface area contributed by atoms with Crippen molar-refractivity contribution in [3.05, 3.63) is 190 Å². The molecule has 3 unspecified atom stereocenters. The highest BCUT2D eigenvalue weighted by Gasteiger charge is 2.28. The standard InChI is InChI=1S/C50H43FN2O/c51-41-26-27-44-45-29-40(25-28-48(45)54-49(44)30-41)34-15-13-32(14-16-34)33-17-21-37(22-18-33)46-31-47(53-50(52-46)39-8-2-1-3-9-39)38-23-19-36(20-24-38)43-12-6-10-35-7-4-5-11-42(35)43/h1-2,4-8,10-17,19,21,23-25,28-31,36,46,50,52-53H,3,9,18,20,22,26-27H2. The molecule has 0 fully saturated rings. The van der Waals surface area contributed by atoms with E-state index in [1.165, 1.54) is 55.5 Å². The van der Waals surface area contributed by atoms with Gasteiger partial charge in [0.05, 0.1) is 6.04 Å². The predicted molar refractivity (Wildman–Crippen MR) is 221 cm³/mol. The van der Waals surface area contributed by atoms with Gasteiger partial charge in [-0.15, -0.1) is 0 Å². The van der Waals surface area contributed by atoms with Gasteiger partial charge in [-0.25, -0.2) is 4.39 Å². The molecule has 0 bridgehead atoms. The average molecular weight is 707 g/mol. The maximum atomic E-state index is 13.9. The highest BCUT2D eigenvalue weighted by atomic mass is 19.1. The van der Waals surface area contributed by atoms with Crippen molar-refractivity contribution in [1.82, 2.24) is 10.6 Å². The molecule has 0 radical (unpaired) electrons. The summed E-state index contributed by atoms with van der Waals surface area (Å²) in [6.07, 6.45) is 28.9. The Kier molecular flexibility index (Phi) is 8.49. The van der Waals surface area contributed by atoms with E-state index in [-0.39, 0.29) is 18.0 Å². The Morgan fingerprint density at radius 2 is 1.61 bits per heavy atom. The van der Waals surface area contributed by atoms with Crippen molar-refractivity contribution in [1.29, 1.82) is 0 Å². The third-order valence-electron chi connectivity index (χ3n) is 11.9. The molecule has 2 heterocycles. The molecule has 4 heteroatoms. The van der Waals surface area contributed by atoms with E-state index in [1.807, 2.05) is 6.07 Å². The van der Waals surface area contributed by atoms with Crippen LogP contribution in [-0.4, -0.2) is 12.2 Å². The van der Waals surface area contributed by atoms with Crippen LogP contribution in [0, 0.1) is 0 Å². The SMILES string of the molecule is FC1=Cc2oc3ccc(-c4ccc(C5=CC=C(C6C=C(C7=CCC(c8cccc9ccccc89)C=C7)NC(C7=CC=CCC7)N6)CC5)cc4)cc3c2CC1. The van der Waals surface area contributed by atoms with Gasteiger partial charge in [0.25, 0.3) is 0 Å². The van der Waals surface area contributed by atoms with Gasteiger partial charge in [-0.2, -0.15) is 0 Å². The Hall–Kier alpha value is -5.71. The lowest BCUT2D eigenvalue weighted by molar-refractivity contribution is 0.454. The fourth-order valence-electron chi connectivity index (χ4n) is 8.93. The van der Waals surface area contributed by atoms with Crippen molar-refractivity contribution in [2.75, 3.05) is 0 Å². The molecular weight excluding hydrogens is 664 g/mol. The first-order chi connectivity index (χ1) is 26.6. The van der Waals surface area contributed by atoms with Gasteiger partial charge in [0.15, 0.2) is 0 Å². The Morgan fingerprint density at radius 1 is 0.741 bits per heavy atom. The number of benzene rings is 4. The van der Waals surface area contributed by atoms with Crippen molar-refractivity contribution in [3.8, 4) is 11.1 Å². The van der Waals surface area contributed by atoms with Gasteiger partial charge in [-0.3, -0.25) is 5.32 Å². The summed E-state index contributed by atoms with van der Waals surface area (Å²) >= 11 is 0. The number of nitrogens with one attached hydrogen (secondary N) is 2. The molecule has 0 saturated carbocycles. The molecule has 10 rings (SSSR count). The number of aryl methyl sites for hydroxylation is 1. The minimum absolute atomic E-state index is 0.0910. The lowest BCUT2D eigenvalue weighted by Gasteiger charge is -2.37. The van der Waals surface area contributed by atoms with Crippen LogP contribution in [0.25, 0.3) is 44.5 Å². The second kappa shape index (κ2) is 13.9. The second-order valence-electron chi connectivity index (χ2n) is 15.2. The number of rotatable bonds is 6. The van der Waals surface area contributed by atoms with Gasteiger partial charge in [0.2, 0.25) is 0 Å². The van der Waals surface area contributed by atoms with Crippen LogP contribution in [0.3, 0.4) is 0 Å². The van der Waals surface area contributed by atoms with E-state index < -0.39 is 0 Å². The van der Waals surface area contributed by atoms with E-state index in [2.05, 4.69) is 144 Å². The van der Waals surface area contributed by atoms with Crippen LogP contribution < -0.4 is 10.6 Å². The van der Waals surface area contributed by atoms with E-state index in [0.717, 1.165) is 54.2 Å². The number of fused-ring (bicyclic) bond motifs is 4. The highest BCUT2D eigenvalue weighted by molar-refractivity contribution is 5.90. The average Bonchev–Trinajstić information content (AvgIpc) is 3.60. The van der Waals surface area contributed by atoms with Crippen molar-refractivity contribution in [2.45, 2.75) is 63.1 Å². The molecule has 1 aliphatic heterocycles. The van der Waals surface area contributed by atoms with Gasteiger partial charge in [-0.1, -0.05) is 121 Å². The Balaban J connectivity index is 0.890. The van der Waals surface area contributed by atoms with Crippen LogP contribution in [0.4, 0.5) is 4.39 Å². The summed E-state index contributed by atoms with van der Waals surface area (Å²) < 4.78 is 19.8. The smallest absolute Gasteiger partial charge is 0.135 e. The molecule has 54 heavy (non-hydrogen) atoms. The first-order valence-electron chi connectivity index (χ1n) is 19.5. The van der Waals surface area contributed by atoms with Crippen LogP contribution in [0.5, 0.6) is 0 Å². The number of halogens is 1. The zero-order valence-corrected chi connectivity index (χ0v) is 30.3. The zero-order chi connectivity index (χ0) is 36.0. The normalized spacial score (nSPS) is 22.4. The van der Waals surface area contributed by atoms with Gasteiger partial charge in [0, 0.05) is 35.1 Å². The number of furan rings is 1. The van der Waals surface area contributed by atoms with Gasteiger partial charge < -0.3 is 9.73 Å². The van der Waals surface area contributed by atoms with Crippen LogP contribution >= 0.6 is 0 Å². The maximum absolute atomic E-state index is 13.9. The molecule has 1 aromatic heterocycles. The Morgan fingerprint density at radius 3 is 2.44 bits per heavy atom. The van der Waals surface area contributed by atoms with E-state index in [4.69, 9.17) is 4.42 Å². The molecule has 0 spiro atoms. The lowest BCUT2D eigenvalue weighted by Crippen LogP contribution is -2.52. The van der Waals surface area contributed by atoms with Crippen molar-refractivity contribution < 1.29 is 8.81 Å². The summed E-state index contributed by atoms with van der Waals surface area (Å²) in [5.41, 5.74) is 13.6. The van der Waals surface area contributed by atoms with Crippen LogP contribution in [0.2, 0.25) is 0 Å². The fraction of sp³-hybridized carbons (Fsp3) is 0.200. The largest absolute Gasteiger partial charge is 0.456 e. The van der Waals surface area contributed by atoms with Crippen molar-refractivity contribution >= 4 is 33.4 Å². The highest BCUT2D eigenvalue weighted by Crippen LogP contribution is 2.38. The summed E-state index contributed by atoms with van der Waals surface area (Å²) in [5.74, 6) is 0.926. The molecule has 5 aromatic rings. The summed E-state index contributed by atoms with van der Waals surface area (Å²) in [6.45, 7) is 0. The van der Waals surface area contributed by atoms with E-state index in [9.17, 15) is 4.39 Å². The molecule has 3 nitrogen and oxygen atoms in total. The van der Waals surface area contributed by atoms with Gasteiger partial charge in [-0.05, 0) is 112 Å². The first-order valence-corrected chi connectivity index (χ1v) is 19.5. The fourth-order valence-corrected chi connectivity index (χ4v) is 8.93. The Labute approximate surface area is 316 Å². The minimum Gasteiger partial charge on any atom is -0.456 e. The molecular formula is C50H43FN2O. The Bertz CT molecular complexity index is 2550. The third-order valence-corrected chi connectivity index (χ3v) is 11.9. The van der Waals surface area contributed by atoms with Crippen LogP contribution in [0.15, 0.2) is 172 Å².